The Morgan fingerprint density at radius 1 is 1.17 bits per heavy atom. The van der Waals surface area contributed by atoms with Crippen molar-refractivity contribution in [3.63, 3.8) is 0 Å². The number of aliphatic imine (C=N–C) groups is 1. The van der Waals surface area contributed by atoms with Crippen LogP contribution < -0.4 is 5.90 Å². The van der Waals surface area contributed by atoms with Crippen molar-refractivity contribution in [2.75, 3.05) is 7.05 Å². The fourth-order valence-electron chi connectivity index (χ4n) is 1.77. The monoisotopic (exact) mass is 313 g/mol. The molecule has 0 heterocycles. The molecule has 7 heteroatoms. The summed E-state index contributed by atoms with van der Waals surface area (Å²) < 4.78 is 0. The number of hydrogen-bond donors (Lipinski definition) is 2. The Balaban J connectivity index is 2.11. The molecule has 23 heavy (non-hydrogen) atoms. The molecule has 0 aromatic heterocycles. The van der Waals surface area contributed by atoms with E-state index in [1.54, 1.807) is 37.4 Å². The fourth-order valence-corrected chi connectivity index (χ4v) is 1.77. The maximum atomic E-state index is 11.4. The van der Waals surface area contributed by atoms with Gasteiger partial charge < -0.3 is 14.8 Å². The Hall–Kier alpha value is -3.19. The molecular formula is C16H15N3O4. The summed E-state index contributed by atoms with van der Waals surface area (Å²) in [5.41, 5.74) is 1.58. The predicted molar refractivity (Wildman–Crippen MR) is 85.3 cm³/mol. The number of hydrogen-bond acceptors (Lipinski definition) is 7. The molecule has 0 aliphatic rings. The van der Waals surface area contributed by atoms with Gasteiger partial charge in [0.15, 0.2) is 0 Å². The standard InChI is InChI=1S/C16H15N3O4/c1-18-15(12-3-2-4-13(9-12)16(21)22-17)23-19-10-11-5-7-14(20)8-6-11/h2-10,20H,17H2,1H3/b18-15?,19-10+. The maximum absolute atomic E-state index is 11.4. The minimum atomic E-state index is -0.658. The topological polar surface area (TPSA) is 106 Å². The van der Waals surface area contributed by atoms with Gasteiger partial charge in [-0.3, -0.25) is 4.99 Å². The molecule has 0 bridgehead atoms. The first-order valence-corrected chi connectivity index (χ1v) is 6.61. The van der Waals surface area contributed by atoms with Gasteiger partial charge in [0.25, 0.3) is 5.90 Å². The van der Waals surface area contributed by atoms with Gasteiger partial charge in [-0.25, -0.2) is 4.79 Å². The van der Waals surface area contributed by atoms with Gasteiger partial charge in [0, 0.05) is 12.6 Å². The van der Waals surface area contributed by atoms with Crippen LogP contribution in [0.3, 0.4) is 0 Å². The molecule has 0 aliphatic carbocycles. The quantitative estimate of drug-likeness (QED) is 0.509. The number of aromatic hydroxyl groups is 1. The Kier molecular flexibility index (Phi) is 5.43. The first kappa shape index (κ1) is 16.2. The van der Waals surface area contributed by atoms with Crippen molar-refractivity contribution in [3.8, 4) is 5.75 Å². The van der Waals surface area contributed by atoms with E-state index < -0.39 is 5.97 Å². The van der Waals surface area contributed by atoms with E-state index >= 15 is 0 Å². The second kappa shape index (κ2) is 7.71. The zero-order chi connectivity index (χ0) is 16.7. The summed E-state index contributed by atoms with van der Waals surface area (Å²) in [4.78, 5) is 24.8. The van der Waals surface area contributed by atoms with Gasteiger partial charge in [0.05, 0.1) is 11.8 Å². The highest BCUT2D eigenvalue weighted by Gasteiger charge is 2.10. The highest BCUT2D eigenvalue weighted by atomic mass is 16.7. The van der Waals surface area contributed by atoms with Crippen molar-refractivity contribution in [1.82, 2.24) is 0 Å². The van der Waals surface area contributed by atoms with Crippen LogP contribution in [-0.4, -0.2) is 30.2 Å². The van der Waals surface area contributed by atoms with E-state index in [1.165, 1.54) is 24.4 Å². The van der Waals surface area contributed by atoms with E-state index in [0.717, 1.165) is 5.56 Å². The lowest BCUT2D eigenvalue weighted by atomic mass is 10.1. The van der Waals surface area contributed by atoms with E-state index in [9.17, 15) is 9.90 Å². The Morgan fingerprint density at radius 2 is 1.87 bits per heavy atom. The van der Waals surface area contributed by atoms with Gasteiger partial charge in [-0.1, -0.05) is 11.2 Å². The van der Waals surface area contributed by atoms with Gasteiger partial charge in [0.1, 0.15) is 5.75 Å². The Bertz CT molecular complexity index is 739. The average Bonchev–Trinajstić information content (AvgIpc) is 2.59. The van der Waals surface area contributed by atoms with Crippen LogP contribution in [0.4, 0.5) is 0 Å². The largest absolute Gasteiger partial charge is 0.508 e. The van der Waals surface area contributed by atoms with Crippen LogP contribution >= 0.6 is 0 Å². The molecule has 0 radical (unpaired) electrons. The van der Waals surface area contributed by atoms with Crippen molar-refractivity contribution < 1.29 is 19.6 Å². The zero-order valence-electron chi connectivity index (χ0n) is 12.3. The number of nitrogens with zero attached hydrogens (tertiary/aromatic N) is 2. The molecule has 0 spiro atoms. The third-order valence-corrected chi connectivity index (χ3v) is 2.89. The highest BCUT2D eigenvalue weighted by molar-refractivity contribution is 5.98. The normalized spacial score (nSPS) is 11.5. The maximum Gasteiger partial charge on any atom is 0.356 e. The molecule has 0 saturated carbocycles. The van der Waals surface area contributed by atoms with Gasteiger partial charge in [-0.15, -0.1) is 0 Å². The number of carbonyl (C=O) groups excluding carboxylic acids is 1. The number of phenols is 1. The van der Waals surface area contributed by atoms with Crippen LogP contribution in [0.25, 0.3) is 0 Å². The van der Waals surface area contributed by atoms with Crippen LogP contribution in [0.15, 0.2) is 58.7 Å². The number of carbonyl (C=O) groups is 1. The molecule has 0 aliphatic heterocycles. The van der Waals surface area contributed by atoms with Crippen LogP contribution in [0.2, 0.25) is 0 Å². The lowest BCUT2D eigenvalue weighted by molar-refractivity contribution is 0.0503. The smallest absolute Gasteiger partial charge is 0.356 e. The fraction of sp³-hybridized carbons (Fsp3) is 0.0625. The summed E-state index contributed by atoms with van der Waals surface area (Å²) in [7, 11) is 1.54. The minimum absolute atomic E-state index is 0.169. The molecular weight excluding hydrogens is 298 g/mol. The molecule has 0 saturated heterocycles. The molecule has 2 aromatic carbocycles. The summed E-state index contributed by atoms with van der Waals surface area (Å²) in [5, 5.41) is 13.0. The van der Waals surface area contributed by atoms with Crippen LogP contribution in [0, 0.1) is 0 Å². The van der Waals surface area contributed by atoms with Gasteiger partial charge in [-0.2, -0.15) is 5.90 Å². The van der Waals surface area contributed by atoms with Gasteiger partial charge in [-0.05, 0) is 48.0 Å². The number of phenolic OH excluding ortho intramolecular Hbond substituents is 1. The molecule has 2 rings (SSSR count). The molecule has 0 amide bonds. The second-order valence-electron chi connectivity index (χ2n) is 4.43. The first-order valence-electron chi connectivity index (χ1n) is 6.61. The summed E-state index contributed by atoms with van der Waals surface area (Å²) in [6.07, 6.45) is 1.47. The lowest BCUT2D eigenvalue weighted by Crippen LogP contribution is -2.11. The van der Waals surface area contributed by atoms with Crippen LogP contribution in [0.1, 0.15) is 21.5 Å². The van der Waals surface area contributed by atoms with Crippen molar-refractivity contribution in [3.05, 3.63) is 65.2 Å². The summed E-state index contributed by atoms with van der Waals surface area (Å²) in [6.45, 7) is 0. The molecule has 0 unspecified atom stereocenters. The van der Waals surface area contributed by atoms with Gasteiger partial charge in [0.2, 0.25) is 0 Å². The van der Waals surface area contributed by atoms with Crippen LogP contribution in [0.5, 0.6) is 5.75 Å². The molecule has 2 aromatic rings. The second-order valence-corrected chi connectivity index (χ2v) is 4.43. The number of rotatable bonds is 4. The van der Waals surface area contributed by atoms with Crippen molar-refractivity contribution in [2.45, 2.75) is 0 Å². The number of benzene rings is 2. The molecule has 118 valence electrons. The van der Waals surface area contributed by atoms with Crippen molar-refractivity contribution >= 4 is 18.1 Å². The molecule has 7 nitrogen and oxygen atoms in total. The zero-order valence-corrected chi connectivity index (χ0v) is 12.3. The van der Waals surface area contributed by atoms with E-state index in [2.05, 4.69) is 15.0 Å². The summed E-state index contributed by atoms with van der Waals surface area (Å²) in [5.74, 6) is 4.61. The summed E-state index contributed by atoms with van der Waals surface area (Å²) in [6, 6.07) is 12.9. The lowest BCUT2D eigenvalue weighted by Gasteiger charge is -2.04. The predicted octanol–water partition coefficient (Wildman–Crippen LogP) is 1.85. The third-order valence-electron chi connectivity index (χ3n) is 2.89. The van der Waals surface area contributed by atoms with E-state index in [1.807, 2.05) is 0 Å². The Labute approximate surface area is 132 Å². The van der Waals surface area contributed by atoms with Crippen molar-refractivity contribution in [1.29, 1.82) is 0 Å². The van der Waals surface area contributed by atoms with Crippen molar-refractivity contribution in [2.24, 2.45) is 16.0 Å². The SMILES string of the molecule is CN=C(O/N=C/c1ccc(O)cc1)c1cccc(C(=O)ON)c1. The number of oxime groups is 1. The molecule has 3 N–H and O–H groups in total. The van der Waals surface area contributed by atoms with E-state index in [4.69, 9.17) is 10.7 Å². The highest BCUT2D eigenvalue weighted by Crippen LogP contribution is 2.10. The molecule has 0 fully saturated rings. The molecule has 0 atom stereocenters. The van der Waals surface area contributed by atoms with Gasteiger partial charge >= 0.3 is 5.97 Å². The number of nitrogens with two attached hydrogens (primary N) is 1. The first-order chi connectivity index (χ1) is 11.1. The Morgan fingerprint density at radius 3 is 2.52 bits per heavy atom. The third kappa shape index (κ3) is 4.39. The van der Waals surface area contributed by atoms with E-state index in [0.29, 0.717) is 5.56 Å². The van der Waals surface area contributed by atoms with E-state index in [-0.39, 0.29) is 17.2 Å². The minimum Gasteiger partial charge on any atom is -0.508 e. The average molecular weight is 313 g/mol. The summed E-state index contributed by atoms with van der Waals surface area (Å²) >= 11 is 0. The van der Waals surface area contributed by atoms with Crippen LogP contribution in [-0.2, 0) is 9.68 Å².